The normalized spacial score (nSPS) is 27.5. The van der Waals surface area contributed by atoms with Crippen molar-refractivity contribution in [2.75, 3.05) is 6.61 Å². The fraction of sp³-hybridized carbons (Fsp3) is 0.600. The molecule has 2 heterocycles. The van der Waals surface area contributed by atoms with E-state index in [1.165, 1.54) is 16.8 Å². The molecular weight excluding hydrogens is 275 g/mol. The van der Waals surface area contributed by atoms with E-state index < -0.39 is 25.7 Å². The Morgan fingerprint density at radius 3 is 3.00 bits per heavy atom. The molecule has 1 saturated heterocycles. The molecule has 1 aliphatic rings. The molecular formula is C10H14N2O6P+. The van der Waals surface area contributed by atoms with Gasteiger partial charge in [0, 0.05) is 22.7 Å². The molecule has 19 heavy (non-hydrogen) atoms. The second-order valence-electron chi connectivity index (χ2n) is 4.41. The van der Waals surface area contributed by atoms with Crippen LogP contribution in [-0.2, 0) is 13.8 Å². The minimum Gasteiger partial charge on any atom is -0.352 e. The Hall–Kier alpha value is -1.34. The van der Waals surface area contributed by atoms with Crippen molar-refractivity contribution in [3.8, 4) is 0 Å². The van der Waals surface area contributed by atoms with Crippen LogP contribution in [-0.4, -0.2) is 27.2 Å². The van der Waals surface area contributed by atoms with Crippen LogP contribution in [0.2, 0.25) is 0 Å². The predicted molar refractivity (Wildman–Crippen MR) is 64.8 cm³/mol. The molecule has 104 valence electrons. The standard InChI is InChI=1S/C10H13N2O6P/c1-6-4-7(5-17-19(15)16)18-9(6)12-3-2-8(13)11-10(12)14/h2-3,6-7,9H,4-5H2,1H3,(H-,11,13,14,15,16)/p+1/t6-,7-,9+/m0/s1. The molecule has 2 rings (SSSR count). The van der Waals surface area contributed by atoms with Gasteiger partial charge in [-0.15, -0.1) is 9.42 Å². The average molecular weight is 289 g/mol. The quantitative estimate of drug-likeness (QED) is 0.762. The molecule has 4 atom stereocenters. The van der Waals surface area contributed by atoms with Crippen molar-refractivity contribution in [1.29, 1.82) is 0 Å². The lowest BCUT2D eigenvalue weighted by atomic mass is 10.1. The van der Waals surface area contributed by atoms with Gasteiger partial charge in [0.1, 0.15) is 12.8 Å². The van der Waals surface area contributed by atoms with Crippen molar-refractivity contribution in [3.63, 3.8) is 0 Å². The SMILES string of the molecule is C[C@H]1C[C@@H](CO[P+](=O)O)O[C@H]1n1ccc(=O)[nH]c1=O. The zero-order valence-corrected chi connectivity index (χ0v) is 11.1. The Bertz CT molecular complexity index is 582. The van der Waals surface area contributed by atoms with Gasteiger partial charge in [-0.2, -0.15) is 0 Å². The zero-order valence-electron chi connectivity index (χ0n) is 10.2. The summed E-state index contributed by atoms with van der Waals surface area (Å²) in [5.74, 6) is 0.0220. The van der Waals surface area contributed by atoms with Gasteiger partial charge in [0.25, 0.3) is 5.56 Å². The van der Waals surface area contributed by atoms with Crippen molar-refractivity contribution < 1.29 is 18.7 Å². The summed E-state index contributed by atoms with van der Waals surface area (Å²) < 4.78 is 22.0. The summed E-state index contributed by atoms with van der Waals surface area (Å²) in [6.07, 6.45) is 1.09. The van der Waals surface area contributed by atoms with Gasteiger partial charge in [-0.05, 0) is 6.42 Å². The molecule has 1 aromatic rings. The number of aromatic nitrogens is 2. The monoisotopic (exact) mass is 289 g/mol. The van der Waals surface area contributed by atoms with Crippen LogP contribution in [0.4, 0.5) is 0 Å². The van der Waals surface area contributed by atoms with Crippen molar-refractivity contribution in [3.05, 3.63) is 33.1 Å². The van der Waals surface area contributed by atoms with E-state index in [1.54, 1.807) is 0 Å². The minimum atomic E-state index is -2.66. The molecule has 0 spiro atoms. The van der Waals surface area contributed by atoms with Gasteiger partial charge in [-0.1, -0.05) is 6.92 Å². The Balaban J connectivity index is 2.11. The highest BCUT2D eigenvalue weighted by Gasteiger charge is 2.35. The number of nitrogens with one attached hydrogen (secondary N) is 1. The van der Waals surface area contributed by atoms with Gasteiger partial charge in [-0.25, -0.2) is 4.79 Å². The molecule has 0 bridgehead atoms. The first-order valence-corrected chi connectivity index (χ1v) is 6.86. The van der Waals surface area contributed by atoms with Crippen LogP contribution in [0.25, 0.3) is 0 Å². The highest BCUT2D eigenvalue weighted by atomic mass is 31.1. The van der Waals surface area contributed by atoms with Gasteiger partial charge < -0.3 is 4.74 Å². The van der Waals surface area contributed by atoms with Crippen molar-refractivity contribution in [2.24, 2.45) is 5.92 Å². The van der Waals surface area contributed by atoms with E-state index in [-0.39, 0.29) is 18.6 Å². The van der Waals surface area contributed by atoms with Gasteiger partial charge in [0.05, 0.1) is 6.10 Å². The zero-order chi connectivity index (χ0) is 14.0. The van der Waals surface area contributed by atoms with Crippen LogP contribution in [0.15, 0.2) is 21.9 Å². The minimum absolute atomic E-state index is 0.00928. The highest BCUT2D eigenvalue weighted by Crippen LogP contribution is 2.34. The number of rotatable bonds is 4. The molecule has 9 heteroatoms. The van der Waals surface area contributed by atoms with Crippen LogP contribution in [0.5, 0.6) is 0 Å². The van der Waals surface area contributed by atoms with Crippen LogP contribution in [0.3, 0.4) is 0 Å². The molecule has 0 aromatic carbocycles. The topological polar surface area (TPSA) is 111 Å². The van der Waals surface area contributed by atoms with Gasteiger partial charge >= 0.3 is 13.9 Å². The first kappa shape index (κ1) is 14.1. The lowest BCUT2D eigenvalue weighted by Crippen LogP contribution is -2.33. The Morgan fingerprint density at radius 2 is 2.37 bits per heavy atom. The van der Waals surface area contributed by atoms with Gasteiger partial charge in [0.15, 0.2) is 0 Å². The molecule has 0 saturated carbocycles. The summed E-state index contributed by atoms with van der Waals surface area (Å²) in [5.41, 5.74) is -1.01. The lowest BCUT2D eigenvalue weighted by molar-refractivity contribution is -0.0298. The summed E-state index contributed by atoms with van der Waals surface area (Å²) in [4.78, 5) is 33.4. The molecule has 1 aliphatic heterocycles. The molecule has 1 unspecified atom stereocenters. The first-order chi connectivity index (χ1) is 8.97. The highest BCUT2D eigenvalue weighted by molar-refractivity contribution is 7.32. The Labute approximate surface area is 108 Å². The average Bonchev–Trinajstić information content (AvgIpc) is 2.68. The summed E-state index contributed by atoms with van der Waals surface area (Å²) in [6, 6.07) is 1.24. The maximum absolute atomic E-state index is 11.7. The number of nitrogens with zero attached hydrogens (tertiary/aromatic N) is 1. The van der Waals surface area contributed by atoms with E-state index in [0.717, 1.165) is 0 Å². The Kier molecular flexibility index (Phi) is 4.26. The van der Waals surface area contributed by atoms with Crippen molar-refractivity contribution >= 4 is 8.25 Å². The van der Waals surface area contributed by atoms with Crippen LogP contribution in [0, 0.1) is 5.92 Å². The van der Waals surface area contributed by atoms with E-state index in [4.69, 9.17) is 9.63 Å². The molecule has 2 N–H and O–H groups in total. The van der Waals surface area contributed by atoms with Crippen LogP contribution in [0.1, 0.15) is 19.6 Å². The number of ether oxygens (including phenoxy) is 1. The van der Waals surface area contributed by atoms with Crippen LogP contribution < -0.4 is 11.2 Å². The fourth-order valence-electron chi connectivity index (χ4n) is 2.14. The molecule has 1 aromatic heterocycles. The second-order valence-corrected chi connectivity index (χ2v) is 5.15. The largest absolute Gasteiger partial charge is 0.694 e. The first-order valence-electron chi connectivity index (χ1n) is 5.73. The number of aromatic amines is 1. The lowest BCUT2D eigenvalue weighted by Gasteiger charge is -2.17. The molecule has 8 nitrogen and oxygen atoms in total. The maximum Gasteiger partial charge on any atom is 0.694 e. The molecule has 0 amide bonds. The van der Waals surface area contributed by atoms with Crippen molar-refractivity contribution in [2.45, 2.75) is 25.7 Å². The predicted octanol–water partition coefficient (Wildman–Crippen LogP) is 0.126. The number of H-pyrrole nitrogens is 1. The molecule has 0 radical (unpaired) electrons. The van der Waals surface area contributed by atoms with Crippen molar-refractivity contribution in [1.82, 2.24) is 9.55 Å². The summed E-state index contributed by atoms with van der Waals surface area (Å²) in [7, 11) is -2.66. The number of hydrogen-bond donors (Lipinski definition) is 2. The third-order valence-corrected chi connectivity index (χ3v) is 3.32. The van der Waals surface area contributed by atoms with E-state index >= 15 is 0 Å². The van der Waals surface area contributed by atoms with Gasteiger partial charge in [0.2, 0.25) is 0 Å². The van der Waals surface area contributed by atoms with E-state index in [0.29, 0.717) is 6.42 Å². The van der Waals surface area contributed by atoms with Gasteiger partial charge in [-0.3, -0.25) is 14.3 Å². The maximum atomic E-state index is 11.7. The second kappa shape index (κ2) is 5.75. The third kappa shape index (κ3) is 3.36. The smallest absolute Gasteiger partial charge is 0.352 e. The summed E-state index contributed by atoms with van der Waals surface area (Å²) in [6.45, 7) is 1.88. The van der Waals surface area contributed by atoms with E-state index in [1.807, 2.05) is 6.92 Å². The van der Waals surface area contributed by atoms with E-state index in [2.05, 4.69) is 9.51 Å². The third-order valence-electron chi connectivity index (χ3n) is 2.95. The fourth-order valence-corrected chi connectivity index (χ4v) is 2.43. The molecule has 0 aliphatic carbocycles. The molecule has 1 fully saturated rings. The summed E-state index contributed by atoms with van der Waals surface area (Å²) in [5, 5.41) is 0. The van der Waals surface area contributed by atoms with E-state index in [9.17, 15) is 14.2 Å². The van der Waals surface area contributed by atoms with Crippen LogP contribution >= 0.6 is 8.25 Å². The number of hydrogen-bond acceptors (Lipinski definition) is 5. The summed E-state index contributed by atoms with van der Waals surface area (Å²) >= 11 is 0. The Morgan fingerprint density at radius 1 is 1.63 bits per heavy atom.